The van der Waals surface area contributed by atoms with E-state index in [1.807, 2.05) is 89.9 Å². The average Bonchev–Trinajstić information content (AvgIpc) is 3.04. The van der Waals surface area contributed by atoms with Crippen molar-refractivity contribution in [2.75, 3.05) is 24.3 Å². The number of nitrogens with two attached hydrogens (primary N) is 2. The first kappa shape index (κ1) is 35.0. The van der Waals surface area contributed by atoms with Crippen LogP contribution in [0.3, 0.4) is 0 Å². The number of benzene rings is 4. The zero-order valence-electron chi connectivity index (χ0n) is 25.3. The molecule has 1 unspecified atom stereocenters. The van der Waals surface area contributed by atoms with Gasteiger partial charge < -0.3 is 32.3 Å². The Balaban J connectivity index is 0.00000271. The lowest BCUT2D eigenvalue weighted by molar-refractivity contribution is -0.134. The molecule has 1 atom stereocenters. The van der Waals surface area contributed by atoms with Crippen molar-refractivity contribution in [3.63, 3.8) is 0 Å². The summed E-state index contributed by atoms with van der Waals surface area (Å²) in [6, 6.07) is 30.0. The molecule has 0 bridgehead atoms. The van der Waals surface area contributed by atoms with E-state index in [4.69, 9.17) is 23.7 Å². The SMILES string of the molecule is CI.CN(C)C(=O)C(NC(=O)C(c1ccccc1)c1ccccc1)c1cccc(NC(N)=S)c1-c1ccc(CNC(N)=O)cc1. The Bertz CT molecular complexity index is 1560. The molecule has 11 heteroatoms. The zero-order valence-corrected chi connectivity index (χ0v) is 28.3. The third-order valence-electron chi connectivity index (χ3n) is 6.88. The van der Waals surface area contributed by atoms with E-state index in [0.717, 1.165) is 22.3 Å². The third kappa shape index (κ3) is 9.50. The largest absolute Gasteiger partial charge is 0.376 e. The van der Waals surface area contributed by atoms with Crippen molar-refractivity contribution in [1.29, 1.82) is 0 Å². The summed E-state index contributed by atoms with van der Waals surface area (Å²) in [5.74, 6) is -1.30. The minimum atomic E-state index is -1.04. The van der Waals surface area contributed by atoms with Gasteiger partial charge in [0.05, 0.1) is 5.92 Å². The number of nitrogens with zero attached hydrogens (tertiary/aromatic N) is 1. The number of alkyl halides is 1. The molecule has 4 amide bonds. The van der Waals surface area contributed by atoms with E-state index in [1.165, 1.54) is 4.90 Å². The lowest BCUT2D eigenvalue weighted by atomic mass is 9.88. The monoisotopic (exact) mass is 736 g/mol. The second-order valence-corrected chi connectivity index (χ2v) is 10.5. The number of hydrogen-bond donors (Lipinski definition) is 5. The number of nitrogens with one attached hydrogen (secondary N) is 3. The van der Waals surface area contributed by atoms with Crippen LogP contribution in [0.2, 0.25) is 0 Å². The van der Waals surface area contributed by atoms with Crippen molar-refractivity contribution >= 4 is 63.5 Å². The highest BCUT2D eigenvalue weighted by Gasteiger charge is 2.32. The molecule has 9 nitrogen and oxygen atoms in total. The van der Waals surface area contributed by atoms with Gasteiger partial charge in [0.25, 0.3) is 0 Å². The van der Waals surface area contributed by atoms with E-state index in [2.05, 4.69) is 38.5 Å². The second-order valence-electron chi connectivity index (χ2n) is 10.1. The summed E-state index contributed by atoms with van der Waals surface area (Å²) in [5, 5.41) is 8.70. The third-order valence-corrected chi connectivity index (χ3v) is 6.98. The zero-order chi connectivity index (χ0) is 32.9. The summed E-state index contributed by atoms with van der Waals surface area (Å²) in [7, 11) is 3.29. The molecule has 45 heavy (non-hydrogen) atoms. The fraction of sp³-hybridized carbons (Fsp3) is 0.176. The molecule has 0 aromatic heterocycles. The van der Waals surface area contributed by atoms with E-state index in [0.29, 0.717) is 16.8 Å². The van der Waals surface area contributed by atoms with Crippen LogP contribution in [0.15, 0.2) is 103 Å². The number of likely N-dealkylation sites (N-methyl/N-ethyl adjacent to an activating group) is 1. The number of thiocarbonyl (C=S) groups is 1. The van der Waals surface area contributed by atoms with Crippen molar-refractivity contribution in [3.05, 3.63) is 125 Å². The van der Waals surface area contributed by atoms with Crippen LogP contribution in [-0.4, -0.2) is 46.9 Å². The first-order valence-corrected chi connectivity index (χ1v) is 16.5. The molecule has 0 saturated heterocycles. The molecule has 0 radical (unpaired) electrons. The maximum Gasteiger partial charge on any atom is 0.312 e. The molecule has 0 fully saturated rings. The van der Waals surface area contributed by atoms with Gasteiger partial charge in [-0.1, -0.05) is 120 Å². The Morgan fingerprint density at radius 1 is 0.800 bits per heavy atom. The highest BCUT2D eigenvalue weighted by molar-refractivity contribution is 14.1. The summed E-state index contributed by atoms with van der Waals surface area (Å²) in [6.07, 6.45) is 0. The Labute approximate surface area is 282 Å². The Morgan fingerprint density at radius 2 is 1.36 bits per heavy atom. The molecule has 0 aliphatic rings. The van der Waals surface area contributed by atoms with E-state index >= 15 is 0 Å². The van der Waals surface area contributed by atoms with Crippen molar-refractivity contribution in [2.45, 2.75) is 18.5 Å². The highest BCUT2D eigenvalue weighted by Crippen LogP contribution is 2.37. The first-order chi connectivity index (χ1) is 21.7. The summed E-state index contributed by atoms with van der Waals surface area (Å²) >= 11 is 7.30. The molecule has 4 rings (SSSR count). The van der Waals surface area contributed by atoms with Gasteiger partial charge in [-0.05, 0) is 51.0 Å². The molecule has 0 heterocycles. The number of carbonyl (C=O) groups is 3. The summed E-state index contributed by atoms with van der Waals surface area (Å²) in [6.45, 7) is 0.257. The van der Waals surface area contributed by atoms with Gasteiger partial charge in [0.1, 0.15) is 6.04 Å². The molecule has 0 saturated carbocycles. The van der Waals surface area contributed by atoms with Crippen molar-refractivity contribution in [2.24, 2.45) is 11.5 Å². The molecular weight excluding hydrogens is 699 g/mol. The number of urea groups is 1. The minimum Gasteiger partial charge on any atom is -0.376 e. The Hall–Kier alpha value is -4.49. The maximum atomic E-state index is 14.2. The van der Waals surface area contributed by atoms with Crippen LogP contribution in [0.4, 0.5) is 10.5 Å². The molecule has 4 aromatic carbocycles. The standard InChI is InChI=1S/C33H34N6O3S.CH3I/c1-39(2)31(41)29(38-30(40)27(22-10-5-3-6-11-22)23-12-7-4-8-13-23)25-14-9-15-26(37-33(35)43)28(25)24-18-16-21(17-19-24)20-36-32(34)42;1-2/h3-19,27,29H,20H2,1-2H3,(H,38,40)(H3,34,36,42)(H3,35,37,43);1H3. The Kier molecular flexibility index (Phi) is 13.3. The molecular formula is C34H37IN6O3S. The smallest absolute Gasteiger partial charge is 0.312 e. The van der Waals surface area contributed by atoms with Crippen LogP contribution in [0, 0.1) is 0 Å². The highest BCUT2D eigenvalue weighted by atomic mass is 127. The predicted octanol–water partition coefficient (Wildman–Crippen LogP) is 5.31. The first-order valence-electron chi connectivity index (χ1n) is 14.0. The van der Waals surface area contributed by atoms with Crippen LogP contribution in [-0.2, 0) is 16.1 Å². The van der Waals surface area contributed by atoms with Gasteiger partial charge in [-0.25, -0.2) is 4.79 Å². The summed E-state index contributed by atoms with van der Waals surface area (Å²) in [5.41, 5.74) is 16.0. The number of halogens is 1. The van der Waals surface area contributed by atoms with Crippen molar-refractivity contribution < 1.29 is 14.4 Å². The topological polar surface area (TPSA) is 143 Å². The number of primary amides is 1. The fourth-order valence-corrected chi connectivity index (χ4v) is 5.00. The number of amides is 4. The number of rotatable bonds is 10. The lowest BCUT2D eigenvalue weighted by Crippen LogP contribution is -2.42. The molecule has 0 aliphatic carbocycles. The van der Waals surface area contributed by atoms with Gasteiger partial charge in [0.2, 0.25) is 11.8 Å². The number of hydrogen-bond acceptors (Lipinski definition) is 4. The molecule has 7 N–H and O–H groups in total. The molecule has 234 valence electrons. The number of carbonyl (C=O) groups excluding carboxylic acids is 3. The van der Waals surface area contributed by atoms with Gasteiger partial charge in [-0.3, -0.25) is 9.59 Å². The number of anilines is 1. The minimum absolute atomic E-state index is 0.0495. The van der Waals surface area contributed by atoms with Crippen LogP contribution in [0.25, 0.3) is 11.1 Å². The molecule has 0 aliphatic heterocycles. The van der Waals surface area contributed by atoms with Crippen LogP contribution >= 0.6 is 34.8 Å². The van der Waals surface area contributed by atoms with Gasteiger partial charge in [0, 0.05) is 31.9 Å². The lowest BCUT2D eigenvalue weighted by Gasteiger charge is -2.28. The van der Waals surface area contributed by atoms with Gasteiger partial charge in [-0.15, -0.1) is 0 Å². The van der Waals surface area contributed by atoms with E-state index < -0.39 is 18.0 Å². The van der Waals surface area contributed by atoms with Gasteiger partial charge >= 0.3 is 6.03 Å². The predicted molar refractivity (Wildman–Crippen MR) is 193 cm³/mol. The summed E-state index contributed by atoms with van der Waals surface area (Å²) in [4.78, 5) is 42.5. The van der Waals surface area contributed by atoms with Crippen molar-refractivity contribution in [3.8, 4) is 11.1 Å². The fourth-order valence-electron chi connectivity index (χ4n) is 4.89. The average molecular weight is 737 g/mol. The van der Waals surface area contributed by atoms with Gasteiger partial charge in [-0.2, -0.15) is 0 Å². The van der Waals surface area contributed by atoms with Crippen LogP contribution in [0.5, 0.6) is 0 Å². The summed E-state index contributed by atoms with van der Waals surface area (Å²) < 4.78 is 0. The van der Waals surface area contributed by atoms with Crippen LogP contribution in [0.1, 0.15) is 34.2 Å². The normalized spacial score (nSPS) is 11.0. The second kappa shape index (κ2) is 17.1. The van der Waals surface area contributed by atoms with Gasteiger partial charge in [0.15, 0.2) is 5.11 Å². The van der Waals surface area contributed by atoms with Crippen molar-refractivity contribution in [1.82, 2.24) is 15.5 Å². The van der Waals surface area contributed by atoms with E-state index in [9.17, 15) is 14.4 Å². The quantitative estimate of drug-likeness (QED) is 0.0850. The Morgan fingerprint density at radius 3 is 1.84 bits per heavy atom. The maximum absolute atomic E-state index is 14.2. The van der Waals surface area contributed by atoms with E-state index in [-0.39, 0.29) is 23.5 Å². The molecule has 0 spiro atoms. The molecule has 4 aromatic rings. The van der Waals surface area contributed by atoms with Crippen LogP contribution < -0.4 is 27.4 Å². The van der Waals surface area contributed by atoms with E-state index in [1.54, 1.807) is 32.3 Å².